The first-order valence-electron chi connectivity index (χ1n) is 11.7. The first-order chi connectivity index (χ1) is 16.0. The maximum Gasteiger partial charge on any atom is 0.104 e. The normalized spacial score (nSPS) is 22.7. The fourth-order valence-electron chi connectivity index (χ4n) is 5.77. The fraction of sp³-hybridized carbons (Fsp3) is 0.226. The summed E-state index contributed by atoms with van der Waals surface area (Å²) in [5.41, 5.74) is 7.67. The van der Waals surface area contributed by atoms with Crippen LogP contribution in [0, 0.1) is 20.8 Å². The van der Waals surface area contributed by atoms with Gasteiger partial charge in [-0.3, -0.25) is 4.90 Å². The Bertz CT molecular complexity index is 1210. The quantitative estimate of drug-likeness (QED) is 0.338. The molecule has 0 saturated carbocycles. The van der Waals surface area contributed by atoms with Gasteiger partial charge in [0, 0.05) is 6.54 Å². The molecule has 0 spiro atoms. The molecule has 2 nitrogen and oxygen atoms in total. The molecule has 1 N–H and O–H groups in total. The molecular weight excluding hydrogens is 402 g/mol. The number of aliphatic hydroxyl groups is 1. The maximum absolute atomic E-state index is 12.3. The van der Waals surface area contributed by atoms with E-state index in [2.05, 4.69) is 123 Å². The molecule has 1 aliphatic rings. The Balaban J connectivity index is 1.70. The minimum absolute atomic E-state index is 0.0800. The summed E-state index contributed by atoms with van der Waals surface area (Å²) >= 11 is 0. The molecule has 1 saturated heterocycles. The lowest BCUT2D eigenvalue weighted by atomic mass is 9.80. The van der Waals surface area contributed by atoms with E-state index >= 15 is 0 Å². The highest BCUT2D eigenvalue weighted by Gasteiger charge is 2.68. The monoisotopic (exact) mass is 433 g/mol. The van der Waals surface area contributed by atoms with Gasteiger partial charge in [-0.05, 0) is 54.2 Å². The summed E-state index contributed by atoms with van der Waals surface area (Å²) in [5, 5.41) is 12.3. The predicted octanol–water partition coefficient (Wildman–Crippen LogP) is 6.80. The summed E-state index contributed by atoms with van der Waals surface area (Å²) in [6, 6.07) is 36.2. The Morgan fingerprint density at radius 2 is 1.27 bits per heavy atom. The lowest BCUT2D eigenvalue weighted by Gasteiger charge is -2.28. The molecule has 2 heteroatoms. The highest BCUT2D eigenvalue weighted by Crippen LogP contribution is 2.67. The zero-order chi connectivity index (χ0) is 23.0. The van der Waals surface area contributed by atoms with E-state index in [0.717, 1.165) is 28.8 Å². The average molecular weight is 434 g/mol. The highest BCUT2D eigenvalue weighted by molar-refractivity contribution is 5.49. The van der Waals surface area contributed by atoms with E-state index in [9.17, 15) is 5.11 Å². The van der Waals surface area contributed by atoms with E-state index in [-0.39, 0.29) is 6.04 Å². The molecule has 0 amide bonds. The largest absolute Gasteiger partial charge is 0.386 e. The summed E-state index contributed by atoms with van der Waals surface area (Å²) in [7, 11) is 0. The lowest BCUT2D eigenvalue weighted by Crippen LogP contribution is -2.27. The van der Waals surface area contributed by atoms with Gasteiger partial charge in [0.2, 0.25) is 0 Å². The van der Waals surface area contributed by atoms with Crippen molar-refractivity contribution < 1.29 is 5.11 Å². The van der Waals surface area contributed by atoms with E-state index in [0.29, 0.717) is 0 Å². The molecule has 0 aliphatic carbocycles. The van der Waals surface area contributed by atoms with Crippen LogP contribution < -0.4 is 0 Å². The van der Waals surface area contributed by atoms with Crippen LogP contribution in [0.2, 0.25) is 0 Å². The number of hydrogen-bond donors (Lipinski definition) is 1. The van der Waals surface area contributed by atoms with Crippen LogP contribution in [-0.2, 0) is 12.1 Å². The van der Waals surface area contributed by atoms with Gasteiger partial charge in [0.15, 0.2) is 0 Å². The van der Waals surface area contributed by atoms with E-state index in [4.69, 9.17) is 0 Å². The van der Waals surface area contributed by atoms with Crippen LogP contribution in [0.25, 0.3) is 0 Å². The topological polar surface area (TPSA) is 23.2 Å². The van der Waals surface area contributed by atoms with Crippen molar-refractivity contribution in [1.29, 1.82) is 0 Å². The molecule has 4 atom stereocenters. The zero-order valence-electron chi connectivity index (χ0n) is 19.6. The van der Waals surface area contributed by atoms with Crippen molar-refractivity contribution in [2.24, 2.45) is 0 Å². The Kier molecular flexibility index (Phi) is 5.65. The van der Waals surface area contributed by atoms with Crippen molar-refractivity contribution in [2.75, 3.05) is 0 Å². The van der Waals surface area contributed by atoms with Gasteiger partial charge in [-0.15, -0.1) is 0 Å². The first-order valence-corrected chi connectivity index (χ1v) is 11.7. The highest BCUT2D eigenvalue weighted by atomic mass is 16.3. The van der Waals surface area contributed by atoms with E-state index in [1.807, 2.05) is 6.07 Å². The van der Waals surface area contributed by atoms with Crippen LogP contribution in [0.3, 0.4) is 0 Å². The fourth-order valence-corrected chi connectivity index (χ4v) is 5.77. The Morgan fingerprint density at radius 3 is 1.85 bits per heavy atom. The predicted molar refractivity (Wildman–Crippen MR) is 135 cm³/mol. The summed E-state index contributed by atoms with van der Waals surface area (Å²) in [4.78, 5) is 2.47. The maximum atomic E-state index is 12.3. The van der Waals surface area contributed by atoms with Gasteiger partial charge in [0.05, 0.1) is 11.6 Å². The van der Waals surface area contributed by atoms with Crippen molar-refractivity contribution in [3.63, 3.8) is 0 Å². The van der Waals surface area contributed by atoms with Gasteiger partial charge >= 0.3 is 0 Å². The second kappa shape index (κ2) is 8.62. The molecule has 0 radical (unpaired) electrons. The van der Waals surface area contributed by atoms with E-state index < -0.39 is 11.6 Å². The molecule has 5 rings (SSSR count). The van der Waals surface area contributed by atoms with Crippen molar-refractivity contribution >= 4 is 0 Å². The Hall–Kier alpha value is -3.20. The number of hydrogen-bond acceptors (Lipinski definition) is 2. The number of aryl methyl sites for hydroxylation is 3. The van der Waals surface area contributed by atoms with Gasteiger partial charge in [-0.2, -0.15) is 0 Å². The Morgan fingerprint density at radius 1 is 0.758 bits per heavy atom. The minimum Gasteiger partial charge on any atom is -0.386 e. The van der Waals surface area contributed by atoms with Gasteiger partial charge in [0.1, 0.15) is 6.10 Å². The molecular formula is C31H31NO. The molecule has 4 aromatic rings. The molecule has 0 aromatic heterocycles. The summed E-state index contributed by atoms with van der Waals surface area (Å²) < 4.78 is 0. The standard InChI is InChI=1S/C31H31NO/c1-22-19-23(2)28(24(3)20-22)30(33)31(27-17-11-6-12-18-27)29(26-15-9-5-10-16-26)32(31)21-25-13-7-4-8-14-25/h4-20,29-30,33H,21H2,1-3H3/t29-,30-,31+,32?/m0/s1. The van der Waals surface area contributed by atoms with Crippen LogP contribution in [0.1, 0.15) is 51.1 Å². The van der Waals surface area contributed by atoms with Crippen LogP contribution in [0.4, 0.5) is 0 Å². The third-order valence-electron chi connectivity index (χ3n) is 7.11. The Labute approximate surface area is 197 Å². The van der Waals surface area contributed by atoms with E-state index in [1.54, 1.807) is 0 Å². The average Bonchev–Trinajstić information content (AvgIpc) is 3.49. The second-order valence-corrected chi connectivity index (χ2v) is 9.33. The van der Waals surface area contributed by atoms with Gasteiger partial charge in [-0.1, -0.05) is 109 Å². The smallest absolute Gasteiger partial charge is 0.104 e. The van der Waals surface area contributed by atoms with Crippen molar-refractivity contribution in [3.8, 4) is 0 Å². The van der Waals surface area contributed by atoms with Crippen molar-refractivity contribution in [1.82, 2.24) is 4.90 Å². The third-order valence-corrected chi connectivity index (χ3v) is 7.11. The van der Waals surface area contributed by atoms with Crippen molar-refractivity contribution in [2.45, 2.75) is 45.0 Å². The zero-order valence-corrected chi connectivity index (χ0v) is 19.6. The van der Waals surface area contributed by atoms with Crippen LogP contribution in [0.5, 0.6) is 0 Å². The number of benzene rings is 4. The lowest BCUT2D eigenvalue weighted by molar-refractivity contribution is 0.0996. The molecule has 1 fully saturated rings. The van der Waals surface area contributed by atoms with Gasteiger partial charge in [0.25, 0.3) is 0 Å². The van der Waals surface area contributed by atoms with Crippen molar-refractivity contribution in [3.05, 3.63) is 142 Å². The molecule has 1 heterocycles. The first kappa shape index (κ1) is 21.6. The SMILES string of the molecule is Cc1cc(C)c([C@H](O)[C@@]2(c3ccccc3)[C@H](c3ccccc3)N2Cc2ccccc2)c(C)c1. The van der Waals surface area contributed by atoms with E-state index in [1.165, 1.54) is 16.7 Å². The third kappa shape index (κ3) is 3.70. The van der Waals surface area contributed by atoms with Gasteiger partial charge < -0.3 is 5.11 Å². The minimum atomic E-state index is -0.658. The molecule has 4 aromatic carbocycles. The summed E-state index contributed by atoms with van der Waals surface area (Å²) in [6.45, 7) is 7.14. The molecule has 0 bridgehead atoms. The molecule has 33 heavy (non-hydrogen) atoms. The number of nitrogens with zero attached hydrogens (tertiary/aromatic N) is 1. The number of rotatable bonds is 6. The second-order valence-electron chi connectivity index (χ2n) is 9.33. The molecule has 1 aliphatic heterocycles. The van der Waals surface area contributed by atoms with Crippen LogP contribution in [0.15, 0.2) is 103 Å². The van der Waals surface area contributed by atoms with Crippen LogP contribution >= 0.6 is 0 Å². The molecule has 166 valence electrons. The number of aliphatic hydroxyl groups excluding tert-OH is 1. The molecule has 1 unspecified atom stereocenters. The van der Waals surface area contributed by atoms with Crippen LogP contribution in [-0.4, -0.2) is 10.0 Å². The van der Waals surface area contributed by atoms with Gasteiger partial charge in [-0.25, -0.2) is 0 Å². The summed E-state index contributed by atoms with van der Waals surface area (Å²) in [5.74, 6) is 0. The summed E-state index contributed by atoms with van der Waals surface area (Å²) in [6.07, 6.45) is -0.658.